The molecule has 7 heteroatoms. The van der Waals surface area contributed by atoms with E-state index in [4.69, 9.17) is 26.1 Å². The molecule has 1 heterocycles. The lowest BCUT2D eigenvalue weighted by Crippen LogP contribution is -2.11. The zero-order chi connectivity index (χ0) is 18.7. The van der Waals surface area contributed by atoms with E-state index in [1.54, 1.807) is 37.7 Å². The number of aryl methyl sites for hydroxylation is 1. The SMILES string of the molecule is Br.CCc1ccc(-c2csc(=Nc3cc(OC)c(Cl)cc3OC)n2C)cc1. The predicted octanol–water partition coefficient (Wildman–Crippen LogP) is 5.80. The van der Waals surface area contributed by atoms with Gasteiger partial charge in [-0.25, -0.2) is 4.99 Å². The lowest BCUT2D eigenvalue weighted by Gasteiger charge is -2.09. The van der Waals surface area contributed by atoms with E-state index in [-0.39, 0.29) is 17.0 Å². The summed E-state index contributed by atoms with van der Waals surface area (Å²) in [5, 5.41) is 2.61. The Kier molecular flexibility index (Phi) is 7.53. The van der Waals surface area contributed by atoms with Crippen molar-refractivity contribution < 1.29 is 9.47 Å². The summed E-state index contributed by atoms with van der Waals surface area (Å²) in [6, 6.07) is 12.1. The molecule has 27 heavy (non-hydrogen) atoms. The fourth-order valence-electron chi connectivity index (χ4n) is 2.68. The maximum absolute atomic E-state index is 6.17. The number of ether oxygens (including phenoxy) is 2. The Hall–Kier alpha value is -1.76. The van der Waals surface area contributed by atoms with Crippen LogP contribution in [0.25, 0.3) is 11.3 Å². The molecular formula is C20H22BrClN2O2S. The number of thiazole rings is 1. The average Bonchev–Trinajstić information content (AvgIpc) is 3.03. The normalized spacial score (nSPS) is 11.2. The number of methoxy groups -OCH3 is 2. The fraction of sp³-hybridized carbons (Fsp3) is 0.250. The van der Waals surface area contributed by atoms with Crippen molar-refractivity contribution in [2.45, 2.75) is 13.3 Å². The third kappa shape index (κ3) is 4.57. The van der Waals surface area contributed by atoms with Crippen LogP contribution in [0.4, 0.5) is 5.69 Å². The van der Waals surface area contributed by atoms with E-state index in [1.165, 1.54) is 11.1 Å². The Bertz CT molecular complexity index is 981. The summed E-state index contributed by atoms with van der Waals surface area (Å²) in [6.07, 6.45) is 1.04. The molecule has 0 fully saturated rings. The van der Waals surface area contributed by atoms with Crippen LogP contribution in [0.3, 0.4) is 0 Å². The maximum atomic E-state index is 6.17. The Morgan fingerprint density at radius 2 is 1.74 bits per heavy atom. The highest BCUT2D eigenvalue weighted by Crippen LogP contribution is 2.37. The van der Waals surface area contributed by atoms with Crippen LogP contribution in [0.5, 0.6) is 11.5 Å². The second-order valence-electron chi connectivity index (χ2n) is 5.78. The van der Waals surface area contributed by atoms with Gasteiger partial charge in [0.15, 0.2) is 4.80 Å². The molecule has 144 valence electrons. The van der Waals surface area contributed by atoms with Gasteiger partial charge in [0.25, 0.3) is 0 Å². The highest BCUT2D eigenvalue weighted by Gasteiger charge is 2.11. The molecule has 0 aliphatic heterocycles. The van der Waals surface area contributed by atoms with Crippen molar-refractivity contribution in [1.82, 2.24) is 4.57 Å². The van der Waals surface area contributed by atoms with Crippen molar-refractivity contribution in [2.75, 3.05) is 14.2 Å². The highest BCUT2D eigenvalue weighted by molar-refractivity contribution is 8.93. The van der Waals surface area contributed by atoms with Crippen LogP contribution in [0.1, 0.15) is 12.5 Å². The summed E-state index contributed by atoms with van der Waals surface area (Å²) in [6.45, 7) is 2.16. The molecule has 0 spiro atoms. The number of hydrogen-bond acceptors (Lipinski definition) is 4. The van der Waals surface area contributed by atoms with Gasteiger partial charge in [0.2, 0.25) is 0 Å². The molecule has 0 radical (unpaired) electrons. The van der Waals surface area contributed by atoms with E-state index < -0.39 is 0 Å². The molecule has 0 aliphatic carbocycles. The zero-order valence-corrected chi connectivity index (χ0v) is 18.9. The number of benzene rings is 2. The number of nitrogens with zero attached hydrogens (tertiary/aromatic N) is 2. The van der Waals surface area contributed by atoms with Gasteiger partial charge in [-0.05, 0) is 17.5 Å². The first-order valence-corrected chi connectivity index (χ1v) is 9.53. The molecule has 3 aromatic rings. The quantitative estimate of drug-likeness (QED) is 0.473. The first-order chi connectivity index (χ1) is 12.6. The summed E-state index contributed by atoms with van der Waals surface area (Å²) in [5.74, 6) is 1.18. The largest absolute Gasteiger partial charge is 0.495 e. The van der Waals surface area contributed by atoms with Crippen molar-refractivity contribution in [3.8, 4) is 22.8 Å². The lowest BCUT2D eigenvalue weighted by atomic mass is 10.1. The molecule has 0 saturated carbocycles. The Morgan fingerprint density at radius 3 is 2.33 bits per heavy atom. The minimum absolute atomic E-state index is 0. The van der Waals surface area contributed by atoms with Crippen LogP contribution in [-0.4, -0.2) is 18.8 Å². The van der Waals surface area contributed by atoms with Crippen molar-refractivity contribution in [2.24, 2.45) is 12.0 Å². The highest BCUT2D eigenvalue weighted by atomic mass is 79.9. The second kappa shape index (κ2) is 9.44. The molecule has 0 unspecified atom stereocenters. The van der Waals surface area contributed by atoms with Crippen LogP contribution >= 0.6 is 39.9 Å². The third-order valence-electron chi connectivity index (χ3n) is 4.25. The Morgan fingerprint density at radius 1 is 1.07 bits per heavy atom. The lowest BCUT2D eigenvalue weighted by molar-refractivity contribution is 0.404. The van der Waals surface area contributed by atoms with E-state index in [0.717, 1.165) is 16.9 Å². The van der Waals surface area contributed by atoms with Gasteiger partial charge in [-0.2, -0.15) is 0 Å². The topological polar surface area (TPSA) is 35.8 Å². The average molecular weight is 470 g/mol. The molecule has 0 saturated heterocycles. The molecule has 0 aliphatic rings. The molecule has 0 atom stereocenters. The molecule has 3 rings (SSSR count). The number of rotatable bonds is 5. The summed E-state index contributed by atoms with van der Waals surface area (Å²) in [4.78, 5) is 5.62. The van der Waals surface area contributed by atoms with Crippen molar-refractivity contribution in [3.63, 3.8) is 0 Å². The smallest absolute Gasteiger partial charge is 0.190 e. The second-order valence-corrected chi connectivity index (χ2v) is 7.03. The summed E-state index contributed by atoms with van der Waals surface area (Å²) >= 11 is 7.75. The van der Waals surface area contributed by atoms with Crippen molar-refractivity contribution in [1.29, 1.82) is 0 Å². The summed E-state index contributed by atoms with van der Waals surface area (Å²) in [7, 11) is 5.20. The number of halogens is 2. The standard InChI is InChI=1S/C20H21ClN2O2S.BrH/c1-5-13-6-8-14(9-7-13)17-12-26-20(23(17)2)22-16-11-18(24-3)15(21)10-19(16)25-4;/h6-12H,5H2,1-4H3;1H. The number of aromatic nitrogens is 1. The molecule has 0 amide bonds. The first kappa shape index (κ1) is 21.5. The zero-order valence-electron chi connectivity index (χ0n) is 15.7. The number of hydrogen-bond donors (Lipinski definition) is 0. The van der Waals surface area contributed by atoms with Gasteiger partial charge in [-0.3, -0.25) is 0 Å². The molecule has 0 N–H and O–H groups in total. The van der Waals surface area contributed by atoms with Crippen molar-refractivity contribution in [3.05, 3.63) is 57.2 Å². The van der Waals surface area contributed by atoms with Gasteiger partial charge in [-0.1, -0.05) is 42.8 Å². The summed E-state index contributed by atoms with van der Waals surface area (Å²) < 4.78 is 12.8. The van der Waals surface area contributed by atoms with E-state index in [0.29, 0.717) is 22.2 Å². The van der Waals surface area contributed by atoms with Gasteiger partial charge >= 0.3 is 0 Å². The van der Waals surface area contributed by atoms with Gasteiger partial charge in [0.1, 0.15) is 17.2 Å². The van der Waals surface area contributed by atoms with Gasteiger partial charge in [-0.15, -0.1) is 28.3 Å². The molecule has 1 aromatic heterocycles. The molecule has 0 bridgehead atoms. The predicted molar refractivity (Wildman–Crippen MR) is 118 cm³/mol. The minimum Gasteiger partial charge on any atom is -0.495 e. The molecule has 4 nitrogen and oxygen atoms in total. The third-order valence-corrected chi connectivity index (χ3v) is 5.46. The van der Waals surface area contributed by atoms with Crippen LogP contribution in [0.15, 0.2) is 46.8 Å². The van der Waals surface area contributed by atoms with Crippen LogP contribution < -0.4 is 14.3 Å². The fourth-order valence-corrected chi connectivity index (χ4v) is 3.83. The van der Waals surface area contributed by atoms with Gasteiger partial charge < -0.3 is 14.0 Å². The first-order valence-electron chi connectivity index (χ1n) is 8.27. The van der Waals surface area contributed by atoms with E-state index in [1.807, 2.05) is 7.05 Å². The van der Waals surface area contributed by atoms with Crippen molar-refractivity contribution >= 4 is 45.6 Å². The monoisotopic (exact) mass is 468 g/mol. The Labute approximate surface area is 178 Å². The molecule has 2 aromatic carbocycles. The van der Waals surface area contributed by atoms with Crippen LogP contribution in [0.2, 0.25) is 5.02 Å². The summed E-state index contributed by atoms with van der Waals surface area (Å²) in [5.41, 5.74) is 4.30. The van der Waals surface area contributed by atoms with Gasteiger partial charge in [0, 0.05) is 24.6 Å². The van der Waals surface area contributed by atoms with Crippen LogP contribution in [-0.2, 0) is 13.5 Å². The van der Waals surface area contributed by atoms with E-state index in [2.05, 4.69) is 41.1 Å². The van der Waals surface area contributed by atoms with Gasteiger partial charge in [0.05, 0.1) is 24.9 Å². The maximum Gasteiger partial charge on any atom is 0.190 e. The van der Waals surface area contributed by atoms with E-state index in [9.17, 15) is 0 Å². The minimum atomic E-state index is 0. The van der Waals surface area contributed by atoms with E-state index >= 15 is 0 Å². The molecular weight excluding hydrogens is 448 g/mol. The Balaban J connectivity index is 0.00000261. The van der Waals surface area contributed by atoms with Crippen LogP contribution in [0, 0.1) is 0 Å².